The second kappa shape index (κ2) is 51.4. The molecule has 12 unspecified atom stereocenters. The van der Waals surface area contributed by atoms with Gasteiger partial charge < -0.3 is 65.1 Å². The Bertz CT molecular complexity index is 1330. The van der Waals surface area contributed by atoms with E-state index in [1.165, 1.54) is 238 Å². The SMILES string of the molecule is CCCCCCCCCCCCCCCCCCCCCCCCCCCCCCCC(=O)NC(COC1OC(CO)C(OC2OC(CO)C(O)C(O)C2O)C(O)C1O)C(O)CCCCCCCCCCCCCCCCCC. The molecule has 0 aliphatic carbocycles. The van der Waals surface area contributed by atoms with Crippen LogP contribution < -0.4 is 5.32 Å². The average Bonchev–Trinajstić information content (AvgIpc) is 3.48. The highest BCUT2D eigenvalue weighted by molar-refractivity contribution is 5.76. The molecule has 2 fully saturated rings. The summed E-state index contributed by atoms with van der Waals surface area (Å²) in [5, 5.41) is 87.4. The molecule has 0 aromatic rings. The van der Waals surface area contributed by atoms with Gasteiger partial charge in [-0.05, 0) is 12.8 Å². The van der Waals surface area contributed by atoms with Crippen molar-refractivity contribution in [2.45, 2.75) is 389 Å². The lowest BCUT2D eigenvalue weighted by atomic mass is 9.97. The van der Waals surface area contributed by atoms with Crippen LogP contribution in [0.15, 0.2) is 0 Å². The highest BCUT2D eigenvalue weighted by Crippen LogP contribution is 2.30. The van der Waals surface area contributed by atoms with Gasteiger partial charge in [-0.1, -0.05) is 296 Å². The minimum atomic E-state index is -1.78. The summed E-state index contributed by atoms with van der Waals surface area (Å²) in [5.41, 5.74) is 0. The van der Waals surface area contributed by atoms with Gasteiger partial charge in [0.15, 0.2) is 12.6 Å². The van der Waals surface area contributed by atoms with Gasteiger partial charge in [0.05, 0.1) is 32.0 Å². The van der Waals surface area contributed by atoms with Crippen LogP contribution in [0.3, 0.4) is 0 Å². The van der Waals surface area contributed by atoms with Crippen LogP contribution in [-0.4, -0.2) is 140 Å². The van der Waals surface area contributed by atoms with E-state index in [0.29, 0.717) is 12.8 Å². The lowest BCUT2D eigenvalue weighted by Crippen LogP contribution is -2.65. The summed E-state index contributed by atoms with van der Waals surface area (Å²) in [6, 6.07) is -0.823. The molecule has 470 valence electrons. The molecule has 9 N–H and O–H groups in total. The average molecular weight is 1130 g/mol. The first-order valence-corrected chi connectivity index (χ1v) is 33.8. The Kier molecular flexibility index (Phi) is 48.2. The Morgan fingerprint density at radius 3 is 1.08 bits per heavy atom. The van der Waals surface area contributed by atoms with Gasteiger partial charge in [0.1, 0.15) is 48.8 Å². The molecule has 2 saturated heterocycles. The van der Waals surface area contributed by atoms with Crippen LogP contribution in [-0.2, 0) is 23.7 Å². The molecular weight excluding hydrogens is 1000 g/mol. The molecule has 14 heteroatoms. The summed E-state index contributed by atoms with van der Waals surface area (Å²) in [7, 11) is 0. The normalized spacial score (nSPS) is 24.3. The Morgan fingerprint density at radius 2 is 0.722 bits per heavy atom. The number of nitrogens with one attached hydrogen (secondary N) is 1. The Labute approximate surface area is 483 Å². The van der Waals surface area contributed by atoms with Crippen molar-refractivity contribution >= 4 is 5.91 Å². The number of unbranched alkanes of at least 4 members (excludes halogenated alkanes) is 43. The molecule has 2 aliphatic rings. The fourth-order valence-electron chi connectivity index (χ4n) is 11.7. The van der Waals surface area contributed by atoms with Gasteiger partial charge in [0.2, 0.25) is 5.91 Å². The maximum absolute atomic E-state index is 13.3. The number of amides is 1. The number of aliphatic hydroxyl groups is 8. The summed E-state index contributed by atoms with van der Waals surface area (Å²) in [6.07, 6.45) is 42.6. The molecule has 14 nitrogen and oxygen atoms in total. The van der Waals surface area contributed by atoms with E-state index >= 15 is 0 Å². The molecule has 2 rings (SSSR count). The number of hydrogen-bond acceptors (Lipinski definition) is 13. The molecule has 2 heterocycles. The lowest BCUT2D eigenvalue weighted by Gasteiger charge is -2.46. The maximum Gasteiger partial charge on any atom is 0.220 e. The number of carbonyl (C=O) groups is 1. The maximum atomic E-state index is 13.3. The summed E-state index contributed by atoms with van der Waals surface area (Å²) in [4.78, 5) is 13.3. The Balaban J connectivity index is 1.64. The number of carbonyl (C=O) groups excluding carboxylic acids is 1. The standard InChI is InChI=1S/C65H127NO13/c1-3-5-7-9-11-13-15-17-19-21-22-23-24-25-26-27-28-29-30-31-32-33-35-37-39-41-43-45-47-49-57(70)66-53(54(69)48-46-44-42-40-38-36-34-20-18-16-14-12-10-8-6-4-2)52-76-64-62(75)60(73)63(56(51-68)78-64)79-65-61(74)59(72)58(71)55(50-67)77-65/h53-56,58-65,67-69,71-75H,3-52H2,1-2H3,(H,66,70). The lowest BCUT2D eigenvalue weighted by molar-refractivity contribution is -0.359. The minimum Gasteiger partial charge on any atom is -0.394 e. The summed E-state index contributed by atoms with van der Waals surface area (Å²) in [5.74, 6) is -0.198. The summed E-state index contributed by atoms with van der Waals surface area (Å²) >= 11 is 0. The second-order valence-corrected chi connectivity index (χ2v) is 24.3. The smallest absolute Gasteiger partial charge is 0.220 e. The van der Waals surface area contributed by atoms with Gasteiger partial charge >= 0.3 is 0 Å². The van der Waals surface area contributed by atoms with Crippen LogP contribution >= 0.6 is 0 Å². The number of hydrogen-bond donors (Lipinski definition) is 9. The van der Waals surface area contributed by atoms with Crippen molar-refractivity contribution < 1.29 is 64.6 Å². The van der Waals surface area contributed by atoms with Gasteiger partial charge in [-0.25, -0.2) is 0 Å². The fraction of sp³-hybridized carbons (Fsp3) is 0.985. The van der Waals surface area contributed by atoms with E-state index < -0.39 is 86.8 Å². The van der Waals surface area contributed by atoms with E-state index in [4.69, 9.17) is 18.9 Å². The van der Waals surface area contributed by atoms with Crippen molar-refractivity contribution in [3.63, 3.8) is 0 Å². The highest BCUT2D eigenvalue weighted by Gasteiger charge is 2.51. The van der Waals surface area contributed by atoms with Crippen molar-refractivity contribution in [2.24, 2.45) is 0 Å². The first-order valence-electron chi connectivity index (χ1n) is 33.8. The fourth-order valence-corrected chi connectivity index (χ4v) is 11.7. The molecular formula is C65H127NO13. The number of ether oxygens (including phenoxy) is 4. The van der Waals surface area contributed by atoms with E-state index in [-0.39, 0.29) is 12.5 Å². The third-order valence-electron chi connectivity index (χ3n) is 17.1. The van der Waals surface area contributed by atoms with Crippen molar-refractivity contribution in [1.29, 1.82) is 0 Å². The molecule has 12 atom stereocenters. The molecule has 79 heavy (non-hydrogen) atoms. The van der Waals surface area contributed by atoms with Crippen LogP contribution in [0.4, 0.5) is 0 Å². The topological polar surface area (TPSA) is 228 Å². The molecule has 2 aliphatic heterocycles. The van der Waals surface area contributed by atoms with Gasteiger partial charge in [0, 0.05) is 6.42 Å². The second-order valence-electron chi connectivity index (χ2n) is 24.3. The van der Waals surface area contributed by atoms with Crippen LogP contribution in [0, 0.1) is 0 Å². The van der Waals surface area contributed by atoms with E-state index in [1.807, 2.05) is 0 Å². The predicted octanol–water partition coefficient (Wildman–Crippen LogP) is 12.8. The minimum absolute atomic E-state index is 0.198. The third-order valence-corrected chi connectivity index (χ3v) is 17.1. The van der Waals surface area contributed by atoms with Crippen LogP contribution in [0.2, 0.25) is 0 Å². The zero-order valence-electron chi connectivity index (χ0n) is 50.9. The number of aliphatic hydroxyl groups excluding tert-OH is 8. The first-order chi connectivity index (χ1) is 38.6. The molecule has 0 bridgehead atoms. The Hall–Kier alpha value is -1.01. The molecule has 0 saturated carbocycles. The zero-order valence-corrected chi connectivity index (χ0v) is 50.9. The zero-order chi connectivity index (χ0) is 57.4. The highest BCUT2D eigenvalue weighted by atomic mass is 16.7. The van der Waals surface area contributed by atoms with E-state index in [2.05, 4.69) is 19.2 Å². The van der Waals surface area contributed by atoms with Crippen molar-refractivity contribution in [2.75, 3.05) is 19.8 Å². The molecule has 0 radical (unpaired) electrons. The Morgan fingerprint density at radius 1 is 0.405 bits per heavy atom. The monoisotopic (exact) mass is 1130 g/mol. The van der Waals surface area contributed by atoms with E-state index in [0.717, 1.165) is 51.4 Å². The van der Waals surface area contributed by atoms with Crippen LogP contribution in [0.5, 0.6) is 0 Å². The molecule has 0 aromatic heterocycles. The van der Waals surface area contributed by atoms with Gasteiger partial charge in [-0.15, -0.1) is 0 Å². The van der Waals surface area contributed by atoms with Gasteiger partial charge in [-0.3, -0.25) is 4.79 Å². The van der Waals surface area contributed by atoms with Crippen molar-refractivity contribution in [3.8, 4) is 0 Å². The quantitative estimate of drug-likeness (QED) is 0.0259. The van der Waals surface area contributed by atoms with E-state index in [1.54, 1.807) is 0 Å². The molecule has 0 aromatic carbocycles. The first kappa shape index (κ1) is 74.1. The number of rotatable bonds is 56. The van der Waals surface area contributed by atoms with Crippen LogP contribution in [0.1, 0.15) is 316 Å². The van der Waals surface area contributed by atoms with Gasteiger partial charge in [0.25, 0.3) is 0 Å². The van der Waals surface area contributed by atoms with Gasteiger partial charge in [-0.2, -0.15) is 0 Å². The molecule has 0 spiro atoms. The largest absolute Gasteiger partial charge is 0.394 e. The molecule has 1 amide bonds. The van der Waals surface area contributed by atoms with Crippen molar-refractivity contribution in [3.05, 3.63) is 0 Å². The third kappa shape index (κ3) is 36.4. The summed E-state index contributed by atoms with van der Waals surface area (Å²) in [6.45, 7) is 2.91. The summed E-state index contributed by atoms with van der Waals surface area (Å²) < 4.78 is 22.9. The van der Waals surface area contributed by atoms with E-state index in [9.17, 15) is 45.6 Å². The van der Waals surface area contributed by atoms with Crippen LogP contribution in [0.25, 0.3) is 0 Å². The van der Waals surface area contributed by atoms with Crippen molar-refractivity contribution in [1.82, 2.24) is 5.32 Å². The predicted molar refractivity (Wildman–Crippen MR) is 319 cm³/mol.